The molecular formula is C20H19FN4O. The van der Waals surface area contributed by atoms with Crippen molar-refractivity contribution < 1.29 is 9.18 Å². The number of amides is 1. The van der Waals surface area contributed by atoms with Gasteiger partial charge in [0.15, 0.2) is 0 Å². The Balaban J connectivity index is 1.62. The second-order valence-corrected chi connectivity index (χ2v) is 6.00. The van der Waals surface area contributed by atoms with E-state index in [0.29, 0.717) is 17.7 Å². The van der Waals surface area contributed by atoms with E-state index in [4.69, 9.17) is 0 Å². The number of hydrogen-bond acceptors (Lipinski definition) is 3. The van der Waals surface area contributed by atoms with Crippen LogP contribution in [0.2, 0.25) is 0 Å². The minimum absolute atomic E-state index is 0.313. The highest BCUT2D eigenvalue weighted by Gasteiger charge is 2.06. The van der Waals surface area contributed by atoms with Crippen molar-refractivity contribution in [2.24, 2.45) is 5.10 Å². The van der Waals surface area contributed by atoms with Gasteiger partial charge in [-0.15, -0.1) is 0 Å². The molecule has 0 fully saturated rings. The number of benzene rings is 2. The first-order valence-electron chi connectivity index (χ1n) is 8.21. The molecule has 0 aliphatic carbocycles. The molecule has 0 aliphatic heterocycles. The number of carbonyl (C=O) groups excluding carboxylic acids is 1. The lowest BCUT2D eigenvalue weighted by Crippen LogP contribution is -2.17. The molecule has 3 aromatic rings. The smallest absolute Gasteiger partial charge is 0.267 e. The monoisotopic (exact) mass is 350 g/mol. The van der Waals surface area contributed by atoms with Gasteiger partial charge in [-0.2, -0.15) is 10.2 Å². The summed E-state index contributed by atoms with van der Waals surface area (Å²) in [6.45, 7) is 4.61. The van der Waals surface area contributed by atoms with Crippen LogP contribution >= 0.6 is 0 Å². The van der Waals surface area contributed by atoms with Crippen LogP contribution in [0.4, 0.5) is 4.39 Å². The van der Waals surface area contributed by atoms with Crippen LogP contribution in [0.25, 0.3) is 0 Å². The highest BCUT2D eigenvalue weighted by molar-refractivity contribution is 5.94. The molecule has 5 nitrogen and oxygen atoms in total. The summed E-state index contributed by atoms with van der Waals surface area (Å²) >= 11 is 0. The van der Waals surface area contributed by atoms with Crippen LogP contribution in [0, 0.1) is 19.7 Å². The van der Waals surface area contributed by atoms with Crippen molar-refractivity contribution >= 4 is 12.1 Å². The molecule has 0 bridgehead atoms. The second-order valence-electron chi connectivity index (χ2n) is 6.00. The van der Waals surface area contributed by atoms with Gasteiger partial charge in [0.1, 0.15) is 5.82 Å². The topological polar surface area (TPSA) is 59.3 Å². The van der Waals surface area contributed by atoms with Crippen LogP contribution < -0.4 is 5.43 Å². The van der Waals surface area contributed by atoms with Gasteiger partial charge in [0.25, 0.3) is 5.91 Å². The van der Waals surface area contributed by atoms with E-state index in [2.05, 4.69) is 15.6 Å². The maximum atomic E-state index is 13.5. The Morgan fingerprint density at radius 2 is 1.92 bits per heavy atom. The van der Waals surface area contributed by atoms with Gasteiger partial charge in [0, 0.05) is 16.8 Å². The van der Waals surface area contributed by atoms with E-state index in [1.165, 1.54) is 12.3 Å². The molecule has 1 heterocycles. The number of nitrogens with one attached hydrogen (secondary N) is 1. The fourth-order valence-corrected chi connectivity index (χ4v) is 2.57. The number of hydrazone groups is 1. The highest BCUT2D eigenvalue weighted by Crippen LogP contribution is 2.09. The van der Waals surface area contributed by atoms with Crippen LogP contribution in [0.15, 0.2) is 59.7 Å². The molecular weight excluding hydrogens is 331 g/mol. The third-order valence-corrected chi connectivity index (χ3v) is 3.93. The van der Waals surface area contributed by atoms with Crippen molar-refractivity contribution in [1.29, 1.82) is 0 Å². The van der Waals surface area contributed by atoms with E-state index in [9.17, 15) is 9.18 Å². The second kappa shape index (κ2) is 7.74. The van der Waals surface area contributed by atoms with Crippen LogP contribution in [0.1, 0.15) is 32.9 Å². The molecule has 0 aliphatic rings. The summed E-state index contributed by atoms with van der Waals surface area (Å²) in [5, 5.41) is 8.23. The summed E-state index contributed by atoms with van der Waals surface area (Å²) in [4.78, 5) is 12.1. The van der Waals surface area contributed by atoms with E-state index in [1.54, 1.807) is 30.3 Å². The van der Waals surface area contributed by atoms with Crippen LogP contribution in [-0.4, -0.2) is 21.9 Å². The number of nitrogens with zero attached hydrogens (tertiary/aromatic N) is 3. The van der Waals surface area contributed by atoms with E-state index < -0.39 is 0 Å². The molecule has 0 atom stereocenters. The highest BCUT2D eigenvalue weighted by atomic mass is 19.1. The predicted molar refractivity (Wildman–Crippen MR) is 98.7 cm³/mol. The molecule has 26 heavy (non-hydrogen) atoms. The van der Waals surface area contributed by atoms with Gasteiger partial charge in [-0.3, -0.25) is 9.48 Å². The Kier molecular flexibility index (Phi) is 5.22. The van der Waals surface area contributed by atoms with Crippen LogP contribution in [0.3, 0.4) is 0 Å². The fourth-order valence-electron chi connectivity index (χ4n) is 2.57. The fraction of sp³-hybridized carbons (Fsp3) is 0.150. The summed E-state index contributed by atoms with van der Waals surface area (Å²) in [5.41, 5.74) is 6.31. The first-order valence-corrected chi connectivity index (χ1v) is 8.21. The van der Waals surface area contributed by atoms with Crippen LogP contribution in [-0.2, 0) is 6.54 Å². The van der Waals surface area contributed by atoms with Gasteiger partial charge in [-0.1, -0.05) is 30.3 Å². The summed E-state index contributed by atoms with van der Waals surface area (Å²) < 4.78 is 15.4. The third-order valence-electron chi connectivity index (χ3n) is 3.93. The molecule has 0 saturated carbocycles. The maximum Gasteiger partial charge on any atom is 0.271 e. The third kappa shape index (κ3) is 4.22. The lowest BCUT2D eigenvalue weighted by molar-refractivity contribution is 0.0955. The Bertz CT molecular complexity index is 945. The van der Waals surface area contributed by atoms with Crippen molar-refractivity contribution in [3.8, 4) is 0 Å². The van der Waals surface area contributed by atoms with Gasteiger partial charge in [-0.05, 0) is 43.7 Å². The largest absolute Gasteiger partial charge is 0.271 e. The zero-order valence-electron chi connectivity index (χ0n) is 14.6. The minimum atomic E-state index is -0.390. The quantitative estimate of drug-likeness (QED) is 0.566. The molecule has 6 heteroatoms. The molecule has 3 rings (SSSR count). The number of rotatable bonds is 5. The number of carbonyl (C=O) groups is 1. The van der Waals surface area contributed by atoms with E-state index in [0.717, 1.165) is 17.0 Å². The van der Waals surface area contributed by atoms with Gasteiger partial charge in [0.2, 0.25) is 0 Å². The van der Waals surface area contributed by atoms with Crippen molar-refractivity contribution in [1.82, 2.24) is 15.2 Å². The Morgan fingerprint density at radius 1 is 1.19 bits per heavy atom. The SMILES string of the molecule is Cc1cc(C)n(Cc2ccc(C(=O)N/N=C\c3ccccc3F)cc2)n1. The first kappa shape index (κ1) is 17.5. The lowest BCUT2D eigenvalue weighted by atomic mass is 10.1. The maximum absolute atomic E-state index is 13.5. The number of halogens is 1. The average molecular weight is 350 g/mol. The molecule has 0 saturated heterocycles. The number of aromatic nitrogens is 2. The normalized spacial score (nSPS) is 11.0. The molecule has 1 N–H and O–H groups in total. The van der Waals surface area contributed by atoms with E-state index in [-0.39, 0.29) is 11.7 Å². The Labute approximate surface area is 151 Å². The predicted octanol–water partition coefficient (Wildman–Crippen LogP) is 3.45. The standard InChI is InChI=1S/C20H19FN4O/c1-14-11-15(2)25(24-14)13-16-7-9-17(10-8-16)20(26)23-22-12-18-5-3-4-6-19(18)21/h3-12H,13H2,1-2H3,(H,23,26)/b22-12-. The summed E-state index contributed by atoms with van der Waals surface area (Å²) in [6, 6.07) is 15.5. The summed E-state index contributed by atoms with van der Waals surface area (Å²) in [7, 11) is 0. The van der Waals surface area contributed by atoms with Crippen molar-refractivity contribution in [3.05, 3.63) is 88.5 Å². The molecule has 2 aromatic carbocycles. The minimum Gasteiger partial charge on any atom is -0.267 e. The molecule has 0 spiro atoms. The zero-order valence-corrected chi connectivity index (χ0v) is 14.6. The van der Waals surface area contributed by atoms with Gasteiger partial charge < -0.3 is 0 Å². The Hall–Kier alpha value is -3.28. The number of aryl methyl sites for hydroxylation is 2. The first-order chi connectivity index (χ1) is 12.5. The zero-order chi connectivity index (χ0) is 18.5. The molecule has 1 amide bonds. The van der Waals surface area contributed by atoms with Gasteiger partial charge in [-0.25, -0.2) is 9.82 Å². The molecule has 0 unspecified atom stereocenters. The van der Waals surface area contributed by atoms with E-state index >= 15 is 0 Å². The molecule has 0 radical (unpaired) electrons. The van der Waals surface area contributed by atoms with E-state index in [1.807, 2.05) is 36.7 Å². The summed E-state index contributed by atoms with van der Waals surface area (Å²) in [5.74, 6) is -0.741. The lowest BCUT2D eigenvalue weighted by Gasteiger charge is -2.06. The average Bonchev–Trinajstić information content (AvgIpc) is 2.94. The van der Waals surface area contributed by atoms with Gasteiger partial charge in [0.05, 0.1) is 18.5 Å². The summed E-state index contributed by atoms with van der Waals surface area (Å²) in [6.07, 6.45) is 1.28. The van der Waals surface area contributed by atoms with Gasteiger partial charge >= 0.3 is 0 Å². The molecule has 132 valence electrons. The Morgan fingerprint density at radius 3 is 2.58 bits per heavy atom. The van der Waals surface area contributed by atoms with Crippen molar-refractivity contribution in [2.45, 2.75) is 20.4 Å². The van der Waals surface area contributed by atoms with Crippen molar-refractivity contribution in [3.63, 3.8) is 0 Å². The van der Waals surface area contributed by atoms with Crippen molar-refractivity contribution in [2.75, 3.05) is 0 Å². The molecule has 1 aromatic heterocycles. The van der Waals surface area contributed by atoms with Crippen LogP contribution in [0.5, 0.6) is 0 Å². The number of hydrogen-bond donors (Lipinski definition) is 1.